The fourth-order valence-electron chi connectivity index (χ4n) is 5.56. The Kier molecular flexibility index (Phi) is 14.2. The van der Waals surface area contributed by atoms with E-state index >= 15 is 0 Å². The van der Waals surface area contributed by atoms with Crippen LogP contribution in [0.25, 0.3) is 11.1 Å². The van der Waals surface area contributed by atoms with Gasteiger partial charge < -0.3 is 24.3 Å². The van der Waals surface area contributed by atoms with Crippen molar-refractivity contribution in [2.24, 2.45) is 0 Å². The van der Waals surface area contributed by atoms with Crippen molar-refractivity contribution in [2.45, 2.75) is 82.6 Å². The number of carbonyl (C=O) groups is 1. The zero-order chi connectivity index (χ0) is 43.8. The Labute approximate surface area is 345 Å². The number of benzene rings is 4. The summed E-state index contributed by atoms with van der Waals surface area (Å²) in [6, 6.07) is 23.0. The molecule has 13 nitrogen and oxygen atoms in total. The van der Waals surface area contributed by atoms with Crippen LogP contribution in [-0.4, -0.2) is 39.4 Å². The number of ether oxygens (including phenoxy) is 2. The predicted octanol–water partition coefficient (Wildman–Crippen LogP) is 8.65. The lowest BCUT2D eigenvalue weighted by Crippen LogP contribution is -2.22. The highest BCUT2D eigenvalue weighted by atomic mass is 32.2. The van der Waals surface area contributed by atoms with E-state index in [0.29, 0.717) is 28.5 Å². The molecule has 0 bridgehead atoms. The average Bonchev–Trinajstić information content (AvgIpc) is 3.57. The second-order valence-corrected chi connectivity index (χ2v) is 19.2. The molecule has 0 unspecified atom stereocenters. The van der Waals surface area contributed by atoms with Gasteiger partial charge in [-0.25, -0.2) is 21.8 Å². The van der Waals surface area contributed by atoms with Crippen LogP contribution in [0.3, 0.4) is 0 Å². The molecule has 0 aliphatic carbocycles. The summed E-state index contributed by atoms with van der Waals surface area (Å²) in [6.45, 7) is 15.2. The minimum absolute atomic E-state index is 0.0282. The Morgan fingerprint density at radius 1 is 0.763 bits per heavy atom. The number of phenolic OH excluding ortho intramolecular Hbond substituents is 1. The van der Waals surface area contributed by atoms with Gasteiger partial charge in [0.2, 0.25) is 25.6 Å². The lowest BCUT2D eigenvalue weighted by molar-refractivity contribution is -0.118. The van der Waals surface area contributed by atoms with Crippen LogP contribution in [0, 0.1) is 36.5 Å². The number of phenols is 1. The lowest BCUT2D eigenvalue weighted by atomic mass is 9.86. The van der Waals surface area contributed by atoms with E-state index in [1.807, 2.05) is 73.6 Å². The van der Waals surface area contributed by atoms with E-state index in [0.717, 1.165) is 45.2 Å². The van der Waals surface area contributed by atoms with Gasteiger partial charge in [-0.2, -0.15) is 10.5 Å². The second kappa shape index (κ2) is 18.4. The van der Waals surface area contributed by atoms with Crippen molar-refractivity contribution >= 4 is 42.4 Å². The molecule has 1 heterocycles. The number of nitriles is 2. The van der Waals surface area contributed by atoms with Gasteiger partial charge >= 0.3 is 0 Å². The number of oxazole rings is 1. The molecule has 4 aromatic carbocycles. The smallest absolute Gasteiger partial charge is 0.262 e. The molecular weight excluding hydrogens is 793 g/mol. The van der Waals surface area contributed by atoms with Crippen LogP contribution >= 0.6 is 0 Å². The molecule has 308 valence electrons. The van der Waals surface area contributed by atoms with Crippen LogP contribution in [0.15, 0.2) is 110 Å². The molecule has 0 spiro atoms. The van der Waals surface area contributed by atoms with Crippen LogP contribution in [0.4, 0.5) is 5.69 Å². The topological polar surface area (TPSA) is 210 Å². The number of hydrogen-bond acceptors (Lipinski definition) is 12. The van der Waals surface area contributed by atoms with Gasteiger partial charge in [-0.15, -0.1) is 0 Å². The number of sulfone groups is 2. The minimum Gasteiger partial charge on any atom is -0.506 e. The summed E-state index contributed by atoms with van der Waals surface area (Å²) in [7, 11) is -7.47. The van der Waals surface area contributed by atoms with Crippen LogP contribution in [-0.2, 0) is 41.9 Å². The normalized spacial score (nSPS) is 12.1. The monoisotopic (exact) mass is 838 g/mol. The van der Waals surface area contributed by atoms with Crippen molar-refractivity contribution in [3.8, 4) is 29.4 Å². The first-order valence-electron chi connectivity index (χ1n) is 18.2. The number of rotatable bonds is 11. The number of carbonyl (C=O) groups excluding carboxylic acids is 1. The van der Waals surface area contributed by atoms with Gasteiger partial charge in [0, 0.05) is 34.1 Å². The maximum absolute atomic E-state index is 12.4. The molecule has 0 saturated heterocycles. The maximum Gasteiger partial charge on any atom is 0.262 e. The molecule has 0 aliphatic heterocycles. The fourth-order valence-corrected chi connectivity index (χ4v) is 7.43. The summed E-state index contributed by atoms with van der Waals surface area (Å²) in [5, 5.41) is 31.4. The summed E-state index contributed by atoms with van der Waals surface area (Å²) in [6.07, 6.45) is 1.85. The first-order valence-corrected chi connectivity index (χ1v) is 21.3. The molecule has 2 N–H and O–H groups in total. The first kappa shape index (κ1) is 45.3. The molecule has 5 rings (SSSR count). The number of amides is 1. The minimum atomic E-state index is -3.77. The third-order valence-corrected chi connectivity index (χ3v) is 11.4. The summed E-state index contributed by atoms with van der Waals surface area (Å²) in [4.78, 5) is 16.9. The molecule has 0 saturated carbocycles. The van der Waals surface area contributed by atoms with E-state index in [2.05, 4.69) is 10.3 Å². The van der Waals surface area contributed by atoms with Crippen LogP contribution in [0.1, 0.15) is 69.7 Å². The first-order chi connectivity index (χ1) is 27.5. The Morgan fingerprint density at radius 2 is 1.27 bits per heavy atom. The summed E-state index contributed by atoms with van der Waals surface area (Å²) < 4.78 is 66.8. The van der Waals surface area contributed by atoms with Crippen LogP contribution in [0.2, 0.25) is 0 Å². The number of anilines is 1. The van der Waals surface area contributed by atoms with Crippen molar-refractivity contribution in [3.63, 3.8) is 0 Å². The molecule has 5 aromatic rings. The average molecular weight is 839 g/mol. The van der Waals surface area contributed by atoms with E-state index in [1.165, 1.54) is 30.3 Å². The zero-order valence-corrected chi connectivity index (χ0v) is 35.7. The zero-order valence-electron chi connectivity index (χ0n) is 34.0. The third-order valence-electron chi connectivity index (χ3n) is 8.54. The highest BCUT2D eigenvalue weighted by Gasteiger charge is 2.25. The lowest BCUT2D eigenvalue weighted by Gasteiger charge is -2.23. The largest absolute Gasteiger partial charge is 0.506 e. The molecular formula is C44H46N4O9S2. The van der Waals surface area contributed by atoms with Crippen molar-refractivity contribution in [3.05, 3.63) is 124 Å². The molecule has 1 aromatic heterocycles. The Morgan fingerprint density at radius 3 is 1.80 bits per heavy atom. The van der Waals surface area contributed by atoms with Crippen molar-refractivity contribution < 1.29 is 40.6 Å². The molecule has 59 heavy (non-hydrogen) atoms. The van der Waals surface area contributed by atoms with Gasteiger partial charge in [0.1, 0.15) is 22.8 Å². The van der Waals surface area contributed by atoms with Crippen molar-refractivity contribution in [2.75, 3.05) is 11.9 Å². The Hall–Kier alpha value is -6.42. The molecule has 0 aliphatic rings. The second-order valence-electron chi connectivity index (χ2n) is 15.5. The highest BCUT2D eigenvalue weighted by molar-refractivity contribution is 7.94. The number of allylic oxidation sites excluding steroid dienone is 2. The highest BCUT2D eigenvalue weighted by Crippen LogP contribution is 2.36. The number of aryl methyl sites for hydroxylation is 2. The molecule has 0 atom stereocenters. The fraction of sp³-hybridized carbons (Fsp3) is 0.273. The van der Waals surface area contributed by atoms with Gasteiger partial charge in [-0.05, 0) is 96.5 Å². The Bertz CT molecular complexity index is 2730. The predicted molar refractivity (Wildman–Crippen MR) is 224 cm³/mol. The van der Waals surface area contributed by atoms with Gasteiger partial charge in [-0.1, -0.05) is 53.7 Å². The number of nitrogens with zero attached hydrogens (tertiary/aromatic N) is 3. The van der Waals surface area contributed by atoms with Crippen LogP contribution < -0.4 is 14.8 Å². The SMILES string of the molecule is Cc1ccc(O)c(NC(=O)COc2ccc(S(=O)(=O)C=CC#N)cc2C(C)(C)C)c1.Cc1ccc2oc(COc3ccc(S(=O)(=O)C=CC#N)cc3C(C)(C)C)nc2c1. The number of hydrogen-bond donors (Lipinski definition) is 2. The van der Waals surface area contributed by atoms with Crippen molar-refractivity contribution in [1.82, 2.24) is 4.98 Å². The number of fused-ring (bicyclic) bond motifs is 1. The summed E-state index contributed by atoms with van der Waals surface area (Å²) in [5.74, 6) is 0.848. The standard InChI is InChI=1S/C22H24N2O5S.C22H22N2O4S/c1-15-6-8-19(25)18(12-15)24-21(26)14-29-20-9-7-16(13-17(20)22(2,3)4)30(27,28)11-5-10-23;1-15-6-8-20-18(12-15)24-21(28-20)14-27-19-9-7-16(13-17(19)22(2,3)4)29(25,26)11-5-10-23/h5-9,11-13,25H,14H2,1-4H3,(H,24,26);5-9,11-13H,14H2,1-4H3. The van der Waals surface area contributed by atoms with E-state index in [-0.39, 0.29) is 39.9 Å². The van der Waals surface area contributed by atoms with Gasteiger partial charge in [0.25, 0.3) is 5.91 Å². The number of aromatic nitrogens is 1. The third kappa shape index (κ3) is 12.3. The summed E-state index contributed by atoms with van der Waals surface area (Å²) >= 11 is 0. The van der Waals surface area contributed by atoms with E-state index < -0.39 is 31.0 Å². The van der Waals surface area contributed by atoms with Crippen LogP contribution in [0.5, 0.6) is 17.2 Å². The number of aromatic hydroxyl groups is 1. The van der Waals surface area contributed by atoms with Gasteiger partial charge in [0.05, 0.1) is 27.6 Å². The molecule has 15 heteroatoms. The van der Waals surface area contributed by atoms with E-state index in [1.54, 1.807) is 36.4 Å². The van der Waals surface area contributed by atoms with Gasteiger partial charge in [0.15, 0.2) is 18.8 Å². The maximum atomic E-state index is 12.4. The quantitative estimate of drug-likeness (QED) is 0.0946. The molecule has 0 radical (unpaired) electrons. The van der Waals surface area contributed by atoms with Gasteiger partial charge in [-0.3, -0.25) is 4.79 Å². The summed E-state index contributed by atoms with van der Waals surface area (Å²) in [5.41, 5.74) is 4.21. The Balaban J connectivity index is 0.000000261. The van der Waals surface area contributed by atoms with E-state index in [9.17, 15) is 26.7 Å². The molecule has 0 fully saturated rings. The van der Waals surface area contributed by atoms with E-state index in [4.69, 9.17) is 24.4 Å². The van der Waals surface area contributed by atoms with Crippen molar-refractivity contribution in [1.29, 1.82) is 10.5 Å². The number of nitrogens with one attached hydrogen (secondary N) is 1. The molecule has 1 amide bonds.